The molecule has 0 bridgehead atoms. The third-order valence-electron chi connectivity index (χ3n) is 5.13. The van der Waals surface area contributed by atoms with Gasteiger partial charge in [-0.05, 0) is 12.1 Å². The van der Waals surface area contributed by atoms with Crippen molar-refractivity contribution in [1.29, 1.82) is 0 Å². The van der Waals surface area contributed by atoms with E-state index in [1.54, 1.807) is 61.9 Å². The van der Waals surface area contributed by atoms with Crippen LogP contribution in [0.1, 0.15) is 13.8 Å². The van der Waals surface area contributed by atoms with Crippen LogP contribution in [0, 0.1) is 0 Å². The molecule has 0 saturated heterocycles. The topological polar surface area (TPSA) is 130 Å². The zero-order chi connectivity index (χ0) is 26.7. The van der Waals surface area contributed by atoms with E-state index in [2.05, 4.69) is 19.9 Å². The lowest BCUT2D eigenvalue weighted by Crippen LogP contribution is -2.08. The zero-order valence-electron chi connectivity index (χ0n) is 19.9. The number of nitrogens with zero attached hydrogens (tertiary/aromatic N) is 6. The first-order valence-electron chi connectivity index (χ1n) is 10.6. The van der Waals surface area contributed by atoms with Crippen LogP contribution in [0.5, 0.6) is 0 Å². The Labute approximate surface area is 219 Å². The molecule has 0 atom stereocenters. The van der Waals surface area contributed by atoms with Crippen molar-refractivity contribution in [2.75, 3.05) is 11.5 Å². The minimum Gasteiger partial charge on any atom is -0.333 e. The number of hydrogen-bond donors (Lipinski definition) is 0. The van der Waals surface area contributed by atoms with Gasteiger partial charge in [0.15, 0.2) is 31.3 Å². The van der Waals surface area contributed by atoms with Gasteiger partial charge < -0.3 is 9.13 Å². The molecule has 0 aromatic carbocycles. The molecule has 4 heterocycles. The maximum atomic E-state index is 12.0. The predicted octanol–water partition coefficient (Wildman–Crippen LogP) is 3.86. The standard InChI is InChI=1S/2C11H12ClN3O2S/c2*1-3-18(16,17)9-6-8(12)7-14-10(9)11-13-4-5-15(11)2/h2*4-7H,3H2,1-2H3. The molecule has 0 amide bonds. The fraction of sp³-hybridized carbons (Fsp3) is 0.273. The lowest BCUT2D eigenvalue weighted by Gasteiger charge is -2.08. The van der Waals surface area contributed by atoms with E-state index in [4.69, 9.17) is 23.2 Å². The Bertz CT molecular complexity index is 1480. The van der Waals surface area contributed by atoms with Gasteiger partial charge in [0.05, 0.1) is 31.3 Å². The normalized spacial score (nSPS) is 11.7. The van der Waals surface area contributed by atoms with E-state index in [0.29, 0.717) is 33.1 Å². The molecule has 4 aromatic rings. The number of aryl methyl sites for hydroxylation is 2. The van der Waals surface area contributed by atoms with E-state index >= 15 is 0 Å². The van der Waals surface area contributed by atoms with Crippen LogP contribution in [0.25, 0.3) is 23.0 Å². The van der Waals surface area contributed by atoms with Gasteiger partial charge in [0.1, 0.15) is 11.4 Å². The summed E-state index contributed by atoms with van der Waals surface area (Å²) in [6.07, 6.45) is 9.48. The highest BCUT2D eigenvalue weighted by molar-refractivity contribution is 7.91. The maximum absolute atomic E-state index is 12.0. The van der Waals surface area contributed by atoms with Crippen molar-refractivity contribution in [3.63, 3.8) is 0 Å². The summed E-state index contributed by atoms with van der Waals surface area (Å²) in [6, 6.07) is 2.83. The minimum atomic E-state index is -3.39. The van der Waals surface area contributed by atoms with E-state index < -0.39 is 19.7 Å². The third kappa shape index (κ3) is 5.94. The molecule has 4 aromatic heterocycles. The molecule has 4 rings (SSSR count). The summed E-state index contributed by atoms with van der Waals surface area (Å²) in [4.78, 5) is 16.7. The van der Waals surface area contributed by atoms with Crippen LogP contribution in [0.15, 0.2) is 59.1 Å². The lowest BCUT2D eigenvalue weighted by molar-refractivity contribution is 0.595. The van der Waals surface area contributed by atoms with E-state index in [0.717, 1.165) is 0 Å². The summed E-state index contributed by atoms with van der Waals surface area (Å²) < 4.78 is 51.6. The molecule has 0 N–H and O–H groups in total. The van der Waals surface area contributed by atoms with Crippen molar-refractivity contribution in [3.8, 4) is 23.0 Å². The molecule has 0 saturated carbocycles. The molecule has 36 heavy (non-hydrogen) atoms. The number of halogens is 2. The number of pyridine rings is 2. The van der Waals surface area contributed by atoms with Gasteiger partial charge in [-0.2, -0.15) is 0 Å². The van der Waals surface area contributed by atoms with Crippen LogP contribution in [0.3, 0.4) is 0 Å². The molecule has 0 fully saturated rings. The van der Waals surface area contributed by atoms with Crippen LogP contribution in [-0.2, 0) is 33.8 Å². The van der Waals surface area contributed by atoms with E-state index in [1.807, 2.05) is 0 Å². The van der Waals surface area contributed by atoms with Crippen molar-refractivity contribution >= 4 is 42.9 Å². The van der Waals surface area contributed by atoms with E-state index in [1.165, 1.54) is 24.5 Å². The molecule has 0 radical (unpaired) electrons. The van der Waals surface area contributed by atoms with Crippen LogP contribution < -0.4 is 0 Å². The van der Waals surface area contributed by atoms with Crippen LogP contribution in [-0.4, -0.2) is 57.4 Å². The highest BCUT2D eigenvalue weighted by Crippen LogP contribution is 2.28. The van der Waals surface area contributed by atoms with Gasteiger partial charge in [-0.1, -0.05) is 37.0 Å². The number of hydrogen-bond acceptors (Lipinski definition) is 8. The Morgan fingerprint density at radius 3 is 1.33 bits per heavy atom. The number of imidazole rings is 2. The van der Waals surface area contributed by atoms with Crippen molar-refractivity contribution in [2.45, 2.75) is 23.6 Å². The van der Waals surface area contributed by atoms with Crippen LogP contribution in [0.2, 0.25) is 10.0 Å². The summed E-state index contributed by atoms with van der Waals surface area (Å²) in [7, 11) is -3.23. The first kappa shape index (κ1) is 27.8. The van der Waals surface area contributed by atoms with Gasteiger partial charge in [-0.25, -0.2) is 26.8 Å². The molecule has 0 aliphatic heterocycles. The smallest absolute Gasteiger partial charge is 0.180 e. The van der Waals surface area contributed by atoms with Crippen molar-refractivity contribution < 1.29 is 16.8 Å². The molecule has 192 valence electrons. The Balaban J connectivity index is 0.000000201. The zero-order valence-corrected chi connectivity index (χ0v) is 23.1. The minimum absolute atomic E-state index is 0.00749. The van der Waals surface area contributed by atoms with Gasteiger partial charge >= 0.3 is 0 Å². The molecule has 0 unspecified atom stereocenters. The third-order valence-corrected chi connectivity index (χ3v) is 9.03. The summed E-state index contributed by atoms with van der Waals surface area (Å²) in [5.74, 6) is 0.983. The van der Waals surface area contributed by atoms with E-state index in [-0.39, 0.29) is 21.3 Å². The number of sulfone groups is 2. The molecule has 0 spiro atoms. The molecule has 10 nitrogen and oxygen atoms in total. The van der Waals surface area contributed by atoms with Gasteiger partial charge in [0, 0.05) is 51.3 Å². The second-order valence-electron chi connectivity index (χ2n) is 7.53. The summed E-state index contributed by atoms with van der Waals surface area (Å²) in [5.41, 5.74) is 0.655. The second kappa shape index (κ2) is 11.1. The van der Waals surface area contributed by atoms with Gasteiger partial charge in [-0.15, -0.1) is 0 Å². The van der Waals surface area contributed by atoms with Crippen molar-refractivity contribution in [2.24, 2.45) is 14.1 Å². The summed E-state index contributed by atoms with van der Waals surface area (Å²) in [5, 5.41) is 0.583. The largest absolute Gasteiger partial charge is 0.333 e. The average Bonchev–Trinajstić information content (AvgIpc) is 3.47. The van der Waals surface area contributed by atoms with Gasteiger partial charge in [0.2, 0.25) is 0 Å². The molecule has 0 aliphatic carbocycles. The first-order valence-corrected chi connectivity index (χ1v) is 14.7. The van der Waals surface area contributed by atoms with Crippen LogP contribution >= 0.6 is 23.2 Å². The first-order chi connectivity index (χ1) is 16.9. The Morgan fingerprint density at radius 2 is 1.06 bits per heavy atom. The van der Waals surface area contributed by atoms with Crippen molar-refractivity contribution in [3.05, 3.63) is 59.4 Å². The number of rotatable bonds is 6. The highest BCUT2D eigenvalue weighted by Gasteiger charge is 2.23. The molecular weight excluding hydrogens is 547 g/mol. The SMILES string of the molecule is CCS(=O)(=O)c1cc(Cl)cnc1-c1nccn1C.CCS(=O)(=O)c1cc(Cl)cnc1-c1nccn1C. The second-order valence-corrected chi connectivity index (χ2v) is 12.9. The van der Waals surface area contributed by atoms with Gasteiger partial charge in [-0.3, -0.25) is 9.97 Å². The fourth-order valence-corrected chi connectivity index (χ4v) is 5.71. The highest BCUT2D eigenvalue weighted by atomic mass is 35.5. The quantitative estimate of drug-likeness (QED) is 0.341. The summed E-state index contributed by atoms with van der Waals surface area (Å²) in [6.45, 7) is 3.16. The molecule has 14 heteroatoms. The Kier molecular flexibility index (Phi) is 8.55. The average molecular weight is 572 g/mol. The van der Waals surface area contributed by atoms with E-state index in [9.17, 15) is 16.8 Å². The van der Waals surface area contributed by atoms with Gasteiger partial charge in [0.25, 0.3) is 0 Å². The summed E-state index contributed by atoms with van der Waals surface area (Å²) >= 11 is 11.7. The molecule has 0 aliphatic rings. The Hall–Kier alpha value is -2.80. The molecular formula is C22H24Cl2N6O4S2. The fourth-order valence-electron chi connectivity index (χ4n) is 3.15. The van der Waals surface area contributed by atoms with Crippen molar-refractivity contribution in [1.82, 2.24) is 29.1 Å². The van der Waals surface area contributed by atoms with Crippen LogP contribution in [0.4, 0.5) is 0 Å². The predicted molar refractivity (Wildman–Crippen MR) is 138 cm³/mol. The number of aromatic nitrogens is 6. The maximum Gasteiger partial charge on any atom is 0.180 e. The Morgan fingerprint density at radius 1 is 0.694 bits per heavy atom. The lowest BCUT2D eigenvalue weighted by atomic mass is 10.3. The monoisotopic (exact) mass is 570 g/mol.